The zero-order chi connectivity index (χ0) is 24.1. The van der Waals surface area contributed by atoms with E-state index in [4.69, 9.17) is 9.72 Å². The highest BCUT2D eigenvalue weighted by molar-refractivity contribution is 6.09. The van der Waals surface area contributed by atoms with Crippen LogP contribution in [0.3, 0.4) is 0 Å². The number of amides is 1. The molecule has 0 saturated carbocycles. The summed E-state index contributed by atoms with van der Waals surface area (Å²) in [5.74, 6) is 1.38. The Kier molecular flexibility index (Phi) is 7.07. The number of carbonyl (C=O) groups is 1. The normalized spacial score (nSPS) is 15.0. The van der Waals surface area contributed by atoms with Crippen molar-refractivity contribution < 1.29 is 9.53 Å². The van der Waals surface area contributed by atoms with Crippen LogP contribution in [0.4, 0.5) is 5.82 Å². The van der Waals surface area contributed by atoms with Crippen molar-refractivity contribution in [1.29, 1.82) is 0 Å². The Labute approximate surface area is 198 Å². The molecule has 0 spiro atoms. The number of amidine groups is 1. The van der Waals surface area contributed by atoms with Gasteiger partial charge >= 0.3 is 0 Å². The summed E-state index contributed by atoms with van der Waals surface area (Å²) in [6.45, 7) is 10.7. The molecule has 10 nitrogen and oxygen atoms in total. The van der Waals surface area contributed by atoms with Crippen molar-refractivity contribution in [2.75, 3.05) is 38.3 Å². The number of allylic oxidation sites excluding steroid dienone is 2. The van der Waals surface area contributed by atoms with Gasteiger partial charge in [-0.15, -0.1) is 0 Å². The van der Waals surface area contributed by atoms with Crippen LogP contribution in [0, 0.1) is 0 Å². The van der Waals surface area contributed by atoms with E-state index in [0.717, 1.165) is 17.0 Å². The quantitative estimate of drug-likeness (QED) is 0.342. The van der Waals surface area contributed by atoms with Gasteiger partial charge in [0.1, 0.15) is 11.7 Å². The molecule has 3 aromatic rings. The Bertz CT molecular complexity index is 1260. The summed E-state index contributed by atoms with van der Waals surface area (Å²) in [4.78, 5) is 37.7. The number of imidazole rings is 1. The number of aryl methyl sites for hydroxylation is 1. The highest BCUT2D eigenvalue weighted by Crippen LogP contribution is 2.29. The van der Waals surface area contributed by atoms with Crippen molar-refractivity contribution in [3.63, 3.8) is 0 Å². The second kappa shape index (κ2) is 10.3. The van der Waals surface area contributed by atoms with Crippen molar-refractivity contribution >= 4 is 28.7 Å². The number of aromatic nitrogens is 5. The zero-order valence-corrected chi connectivity index (χ0v) is 19.7. The molecular weight excluding hydrogens is 432 g/mol. The standard InChI is InChI=1S/C24H28N8O2/c1-5-16(3)15-18(25-4)27-24(33)20-29-22(31-11-13-34-14-12-31)19-23(30-20)32(6-2)21(28-19)17-7-9-26-10-8-17/h5,7-10,15H,1,6,11-14H2,2-4H3,(H,25,27,33)/b16-15-. The van der Waals surface area contributed by atoms with Gasteiger partial charge in [0, 0.05) is 44.6 Å². The molecule has 4 rings (SSSR count). The average Bonchev–Trinajstić information content (AvgIpc) is 3.27. The zero-order valence-electron chi connectivity index (χ0n) is 19.7. The second-order valence-electron chi connectivity index (χ2n) is 7.71. The number of anilines is 1. The summed E-state index contributed by atoms with van der Waals surface area (Å²) < 4.78 is 7.51. The predicted octanol–water partition coefficient (Wildman–Crippen LogP) is 2.64. The molecule has 34 heavy (non-hydrogen) atoms. The second-order valence-corrected chi connectivity index (χ2v) is 7.71. The molecule has 0 unspecified atom stereocenters. The molecular formula is C24H28N8O2. The summed E-state index contributed by atoms with van der Waals surface area (Å²) in [5.41, 5.74) is 3.04. The van der Waals surface area contributed by atoms with Crippen LogP contribution in [0.25, 0.3) is 22.6 Å². The molecule has 1 N–H and O–H groups in total. The van der Waals surface area contributed by atoms with Crippen molar-refractivity contribution in [2.24, 2.45) is 4.99 Å². The van der Waals surface area contributed by atoms with Crippen LogP contribution >= 0.6 is 0 Å². The molecule has 3 aromatic heterocycles. The fourth-order valence-electron chi connectivity index (χ4n) is 3.71. The maximum Gasteiger partial charge on any atom is 0.294 e. The largest absolute Gasteiger partial charge is 0.378 e. The first kappa shape index (κ1) is 23.2. The van der Waals surface area contributed by atoms with Gasteiger partial charge in [-0.1, -0.05) is 12.7 Å². The fourth-order valence-corrected chi connectivity index (χ4v) is 3.71. The Hall–Kier alpha value is -3.92. The highest BCUT2D eigenvalue weighted by atomic mass is 16.5. The lowest BCUT2D eigenvalue weighted by Crippen LogP contribution is -2.38. The number of aliphatic imine (C=N–C) groups is 1. The van der Waals surface area contributed by atoms with Gasteiger partial charge in [-0.2, -0.15) is 0 Å². The van der Waals surface area contributed by atoms with Gasteiger partial charge < -0.3 is 19.5 Å². The molecule has 1 aliphatic rings. The summed E-state index contributed by atoms with van der Waals surface area (Å²) in [6, 6.07) is 3.81. The number of pyridine rings is 1. The van der Waals surface area contributed by atoms with Gasteiger partial charge in [0.25, 0.3) is 5.91 Å². The first-order valence-corrected chi connectivity index (χ1v) is 11.2. The number of nitrogens with zero attached hydrogens (tertiary/aromatic N) is 7. The maximum atomic E-state index is 13.2. The lowest BCUT2D eigenvalue weighted by Gasteiger charge is -2.28. The average molecular weight is 461 g/mol. The van der Waals surface area contributed by atoms with E-state index in [0.29, 0.717) is 55.7 Å². The Morgan fingerprint density at radius 3 is 2.62 bits per heavy atom. The molecule has 10 heteroatoms. The molecule has 1 amide bonds. The lowest BCUT2D eigenvalue weighted by atomic mass is 10.2. The first-order chi connectivity index (χ1) is 16.5. The Balaban J connectivity index is 1.84. The van der Waals surface area contributed by atoms with Crippen LogP contribution in [0.15, 0.2) is 53.8 Å². The van der Waals surface area contributed by atoms with Crippen LogP contribution < -0.4 is 10.2 Å². The van der Waals surface area contributed by atoms with Crippen LogP contribution in [0.5, 0.6) is 0 Å². The smallest absolute Gasteiger partial charge is 0.294 e. The first-order valence-electron chi connectivity index (χ1n) is 11.2. The van der Waals surface area contributed by atoms with Gasteiger partial charge in [0.2, 0.25) is 5.82 Å². The molecule has 0 bridgehead atoms. The van der Waals surface area contributed by atoms with E-state index in [-0.39, 0.29) is 5.82 Å². The predicted molar refractivity (Wildman–Crippen MR) is 132 cm³/mol. The molecule has 4 heterocycles. The van der Waals surface area contributed by atoms with Crippen LogP contribution in [-0.4, -0.2) is 69.6 Å². The monoisotopic (exact) mass is 460 g/mol. The van der Waals surface area contributed by atoms with Crippen LogP contribution in [0.1, 0.15) is 24.5 Å². The molecule has 1 saturated heterocycles. The summed E-state index contributed by atoms with van der Waals surface area (Å²) >= 11 is 0. The highest BCUT2D eigenvalue weighted by Gasteiger charge is 2.25. The number of morpholine rings is 1. The third-order valence-electron chi connectivity index (χ3n) is 5.51. The number of ether oxygens (including phenoxy) is 1. The molecule has 1 fully saturated rings. The van der Waals surface area contributed by atoms with Gasteiger partial charge in [-0.05, 0) is 37.6 Å². The van der Waals surface area contributed by atoms with Crippen molar-refractivity contribution in [3.05, 3.63) is 54.7 Å². The number of carbonyl (C=O) groups excluding carboxylic acids is 1. The van der Waals surface area contributed by atoms with E-state index in [1.807, 2.05) is 30.5 Å². The number of fused-ring (bicyclic) bond motifs is 1. The molecule has 0 atom stereocenters. The number of hydrogen-bond acceptors (Lipinski definition) is 8. The fraction of sp³-hybridized carbons (Fsp3) is 0.333. The summed E-state index contributed by atoms with van der Waals surface area (Å²) in [5, 5.41) is 2.80. The Morgan fingerprint density at radius 1 is 1.24 bits per heavy atom. The lowest BCUT2D eigenvalue weighted by molar-refractivity contribution is 0.0967. The maximum absolute atomic E-state index is 13.2. The molecule has 0 radical (unpaired) electrons. The SMILES string of the molecule is C=C/C(C)=C\C(=NC)NC(=O)c1nc(N2CCOCC2)c2nc(-c3ccncc3)n(CC)c2n1. The van der Waals surface area contributed by atoms with Crippen molar-refractivity contribution in [1.82, 2.24) is 29.8 Å². The van der Waals surface area contributed by atoms with E-state index < -0.39 is 5.91 Å². The van der Waals surface area contributed by atoms with Crippen molar-refractivity contribution in [3.8, 4) is 11.4 Å². The van der Waals surface area contributed by atoms with E-state index in [1.54, 1.807) is 31.6 Å². The number of hydrogen-bond donors (Lipinski definition) is 1. The van der Waals surface area contributed by atoms with Gasteiger partial charge in [0.05, 0.1) is 13.2 Å². The van der Waals surface area contributed by atoms with E-state index in [2.05, 4.69) is 36.7 Å². The summed E-state index contributed by atoms with van der Waals surface area (Å²) in [7, 11) is 1.61. The van der Waals surface area contributed by atoms with Crippen LogP contribution in [-0.2, 0) is 11.3 Å². The third-order valence-corrected chi connectivity index (χ3v) is 5.51. The van der Waals surface area contributed by atoms with Gasteiger partial charge in [-0.25, -0.2) is 15.0 Å². The summed E-state index contributed by atoms with van der Waals surface area (Å²) in [6.07, 6.45) is 6.89. The molecule has 1 aliphatic heterocycles. The number of rotatable bonds is 6. The minimum Gasteiger partial charge on any atom is -0.378 e. The number of nitrogens with one attached hydrogen (secondary N) is 1. The Morgan fingerprint density at radius 2 is 1.97 bits per heavy atom. The molecule has 0 aromatic carbocycles. The van der Waals surface area contributed by atoms with E-state index in [1.165, 1.54) is 0 Å². The van der Waals surface area contributed by atoms with Crippen LogP contribution in [0.2, 0.25) is 0 Å². The van der Waals surface area contributed by atoms with Gasteiger partial charge in [-0.3, -0.25) is 14.8 Å². The molecule has 176 valence electrons. The van der Waals surface area contributed by atoms with Gasteiger partial charge in [0.15, 0.2) is 17.0 Å². The minimum atomic E-state index is -0.445. The van der Waals surface area contributed by atoms with Crippen molar-refractivity contribution in [2.45, 2.75) is 20.4 Å². The van der Waals surface area contributed by atoms with E-state index >= 15 is 0 Å². The topological polar surface area (TPSA) is 110 Å². The van der Waals surface area contributed by atoms with E-state index in [9.17, 15) is 4.79 Å². The third kappa shape index (κ3) is 4.72. The molecule has 0 aliphatic carbocycles. The minimum absolute atomic E-state index is 0.0516.